The lowest BCUT2D eigenvalue weighted by Gasteiger charge is -2.06. The number of halogens is 1. The zero-order valence-electron chi connectivity index (χ0n) is 9.23. The molecule has 3 nitrogen and oxygen atoms in total. The summed E-state index contributed by atoms with van der Waals surface area (Å²) in [7, 11) is 0. The van der Waals surface area contributed by atoms with E-state index in [2.05, 4.69) is 10.3 Å². The molecule has 90 valence electrons. The van der Waals surface area contributed by atoms with E-state index in [1.165, 1.54) is 11.3 Å². The number of thiazole rings is 1. The van der Waals surface area contributed by atoms with Crippen LogP contribution in [0.25, 0.3) is 0 Å². The molecule has 1 aromatic carbocycles. The maximum Gasteiger partial charge on any atom is 0.119 e. The lowest BCUT2D eigenvalue weighted by Crippen LogP contribution is -2.20. The first kappa shape index (κ1) is 12.4. The van der Waals surface area contributed by atoms with Crippen LogP contribution < -0.4 is 10.1 Å². The van der Waals surface area contributed by atoms with E-state index >= 15 is 0 Å². The Bertz CT molecular complexity index is 447. The Balaban J connectivity index is 1.61. The zero-order valence-corrected chi connectivity index (χ0v) is 10.8. The van der Waals surface area contributed by atoms with Gasteiger partial charge in [0.15, 0.2) is 0 Å². The SMILES string of the molecule is Clc1cnc(CNCCOc2ccccc2)s1. The van der Waals surface area contributed by atoms with Gasteiger partial charge in [-0.05, 0) is 12.1 Å². The Hall–Kier alpha value is -1.10. The predicted molar refractivity (Wildman–Crippen MR) is 70.8 cm³/mol. The second-order valence-corrected chi connectivity index (χ2v) is 5.14. The molecule has 0 saturated carbocycles. The number of para-hydroxylation sites is 1. The van der Waals surface area contributed by atoms with Gasteiger partial charge in [0, 0.05) is 13.1 Å². The minimum Gasteiger partial charge on any atom is -0.492 e. The highest BCUT2D eigenvalue weighted by Gasteiger charge is 1.98. The summed E-state index contributed by atoms with van der Waals surface area (Å²) in [6.07, 6.45) is 1.67. The standard InChI is InChI=1S/C12H13ClN2OS/c13-11-8-15-12(17-11)9-14-6-7-16-10-4-2-1-3-5-10/h1-5,8,14H,6-7,9H2. The molecule has 0 aliphatic rings. The Morgan fingerprint density at radius 1 is 1.29 bits per heavy atom. The van der Waals surface area contributed by atoms with E-state index in [9.17, 15) is 0 Å². The molecule has 5 heteroatoms. The van der Waals surface area contributed by atoms with Gasteiger partial charge in [-0.3, -0.25) is 0 Å². The summed E-state index contributed by atoms with van der Waals surface area (Å²) >= 11 is 7.28. The topological polar surface area (TPSA) is 34.2 Å². The van der Waals surface area contributed by atoms with Crippen LogP contribution in [0.4, 0.5) is 0 Å². The molecular formula is C12H13ClN2OS. The molecule has 0 atom stereocenters. The number of nitrogens with zero attached hydrogens (tertiary/aromatic N) is 1. The average Bonchev–Trinajstić information content (AvgIpc) is 2.76. The van der Waals surface area contributed by atoms with Crippen LogP contribution in [0.3, 0.4) is 0 Å². The van der Waals surface area contributed by atoms with E-state index in [1.54, 1.807) is 6.20 Å². The summed E-state index contributed by atoms with van der Waals surface area (Å²) in [5.74, 6) is 0.895. The molecule has 0 spiro atoms. The van der Waals surface area contributed by atoms with Gasteiger partial charge in [-0.1, -0.05) is 29.8 Å². The van der Waals surface area contributed by atoms with Crippen molar-refractivity contribution < 1.29 is 4.74 Å². The Labute approximate surface area is 109 Å². The second kappa shape index (κ2) is 6.59. The van der Waals surface area contributed by atoms with Crippen LogP contribution in [-0.4, -0.2) is 18.1 Å². The van der Waals surface area contributed by atoms with Crippen molar-refractivity contribution in [1.29, 1.82) is 0 Å². The van der Waals surface area contributed by atoms with Gasteiger partial charge in [-0.25, -0.2) is 4.98 Å². The molecule has 2 rings (SSSR count). The van der Waals surface area contributed by atoms with E-state index < -0.39 is 0 Å². The van der Waals surface area contributed by atoms with E-state index in [4.69, 9.17) is 16.3 Å². The fraction of sp³-hybridized carbons (Fsp3) is 0.250. The summed E-state index contributed by atoms with van der Waals surface area (Å²) in [6, 6.07) is 9.78. The molecule has 0 saturated heterocycles. The van der Waals surface area contributed by atoms with Crippen LogP contribution in [0.1, 0.15) is 5.01 Å². The van der Waals surface area contributed by atoms with Crippen LogP contribution in [0.5, 0.6) is 5.75 Å². The van der Waals surface area contributed by atoms with Gasteiger partial charge in [0.25, 0.3) is 0 Å². The third kappa shape index (κ3) is 4.34. The van der Waals surface area contributed by atoms with Crippen LogP contribution in [0.15, 0.2) is 36.5 Å². The van der Waals surface area contributed by atoms with Crippen molar-refractivity contribution in [2.45, 2.75) is 6.54 Å². The summed E-state index contributed by atoms with van der Waals surface area (Å²) in [6.45, 7) is 2.16. The largest absolute Gasteiger partial charge is 0.492 e. The maximum absolute atomic E-state index is 5.78. The van der Waals surface area contributed by atoms with Gasteiger partial charge in [0.05, 0.1) is 6.20 Å². The molecule has 0 radical (unpaired) electrons. The Morgan fingerprint density at radius 2 is 2.12 bits per heavy atom. The van der Waals surface area contributed by atoms with Crippen molar-refractivity contribution >= 4 is 22.9 Å². The Morgan fingerprint density at radius 3 is 2.82 bits per heavy atom. The lowest BCUT2D eigenvalue weighted by atomic mass is 10.3. The van der Waals surface area contributed by atoms with E-state index in [0.29, 0.717) is 6.61 Å². The number of hydrogen-bond acceptors (Lipinski definition) is 4. The molecule has 17 heavy (non-hydrogen) atoms. The van der Waals surface area contributed by atoms with E-state index in [-0.39, 0.29) is 0 Å². The first-order valence-corrected chi connectivity index (χ1v) is 6.53. The third-order valence-electron chi connectivity index (χ3n) is 2.09. The fourth-order valence-electron chi connectivity index (χ4n) is 1.32. The minimum atomic E-state index is 0.642. The second-order valence-electron chi connectivity index (χ2n) is 3.40. The highest BCUT2D eigenvalue weighted by Crippen LogP contribution is 2.17. The number of ether oxygens (including phenoxy) is 1. The fourth-order valence-corrected chi connectivity index (χ4v) is 2.25. The summed E-state index contributed by atoms with van der Waals surface area (Å²) in [5.41, 5.74) is 0. The summed E-state index contributed by atoms with van der Waals surface area (Å²) in [5, 5.41) is 4.24. The van der Waals surface area contributed by atoms with Crippen LogP contribution in [-0.2, 0) is 6.54 Å². The van der Waals surface area contributed by atoms with Gasteiger partial charge in [0.2, 0.25) is 0 Å². The molecule has 0 fully saturated rings. The van der Waals surface area contributed by atoms with Crippen molar-refractivity contribution in [3.05, 3.63) is 45.9 Å². The molecule has 1 heterocycles. The van der Waals surface area contributed by atoms with Gasteiger partial charge in [-0.15, -0.1) is 11.3 Å². The molecule has 0 aliphatic carbocycles. The van der Waals surface area contributed by atoms with Crippen LogP contribution in [0, 0.1) is 0 Å². The molecule has 1 aromatic heterocycles. The highest BCUT2D eigenvalue weighted by atomic mass is 35.5. The zero-order chi connectivity index (χ0) is 11.9. The first-order valence-electron chi connectivity index (χ1n) is 5.33. The van der Waals surface area contributed by atoms with Crippen molar-refractivity contribution in [1.82, 2.24) is 10.3 Å². The number of nitrogens with one attached hydrogen (secondary N) is 1. The monoisotopic (exact) mass is 268 g/mol. The number of rotatable bonds is 6. The average molecular weight is 269 g/mol. The quantitative estimate of drug-likeness (QED) is 0.818. The molecule has 0 bridgehead atoms. The van der Waals surface area contributed by atoms with Crippen molar-refractivity contribution in [2.24, 2.45) is 0 Å². The predicted octanol–water partition coefficient (Wildman–Crippen LogP) is 2.97. The molecule has 2 aromatic rings. The number of benzene rings is 1. The molecule has 0 amide bonds. The van der Waals surface area contributed by atoms with Crippen molar-refractivity contribution in [3.8, 4) is 5.75 Å². The number of hydrogen-bond donors (Lipinski definition) is 1. The molecular weight excluding hydrogens is 256 g/mol. The number of aromatic nitrogens is 1. The van der Waals surface area contributed by atoms with Gasteiger partial charge >= 0.3 is 0 Å². The normalized spacial score (nSPS) is 10.4. The van der Waals surface area contributed by atoms with Crippen LogP contribution in [0.2, 0.25) is 4.34 Å². The first-order chi connectivity index (χ1) is 8.34. The lowest BCUT2D eigenvalue weighted by molar-refractivity contribution is 0.313. The molecule has 0 aliphatic heterocycles. The minimum absolute atomic E-state index is 0.642. The van der Waals surface area contributed by atoms with Gasteiger partial charge in [-0.2, -0.15) is 0 Å². The van der Waals surface area contributed by atoms with Gasteiger partial charge < -0.3 is 10.1 Å². The van der Waals surface area contributed by atoms with E-state index in [0.717, 1.165) is 28.2 Å². The van der Waals surface area contributed by atoms with E-state index in [1.807, 2.05) is 30.3 Å². The molecule has 0 unspecified atom stereocenters. The molecule has 1 N–H and O–H groups in total. The van der Waals surface area contributed by atoms with Crippen LogP contribution >= 0.6 is 22.9 Å². The maximum atomic E-state index is 5.78. The summed E-state index contributed by atoms with van der Waals surface area (Å²) < 4.78 is 6.27. The Kier molecular flexibility index (Phi) is 4.79. The summed E-state index contributed by atoms with van der Waals surface area (Å²) in [4.78, 5) is 4.15. The third-order valence-corrected chi connectivity index (χ3v) is 3.21. The van der Waals surface area contributed by atoms with Crippen molar-refractivity contribution in [2.75, 3.05) is 13.2 Å². The highest BCUT2D eigenvalue weighted by molar-refractivity contribution is 7.15. The van der Waals surface area contributed by atoms with Crippen molar-refractivity contribution in [3.63, 3.8) is 0 Å². The smallest absolute Gasteiger partial charge is 0.119 e. The van der Waals surface area contributed by atoms with Gasteiger partial charge in [0.1, 0.15) is 21.7 Å².